The SMILES string of the molecule is O=C(NC1CCCCC1)C(Cl)c1cc(Br)ccc1F. The topological polar surface area (TPSA) is 29.1 Å². The number of hydrogen-bond acceptors (Lipinski definition) is 1. The van der Waals surface area contributed by atoms with E-state index in [1.54, 1.807) is 12.1 Å². The van der Waals surface area contributed by atoms with E-state index >= 15 is 0 Å². The molecule has 1 amide bonds. The fourth-order valence-electron chi connectivity index (χ4n) is 2.37. The van der Waals surface area contributed by atoms with Crippen LogP contribution in [0.5, 0.6) is 0 Å². The van der Waals surface area contributed by atoms with Crippen LogP contribution < -0.4 is 5.32 Å². The Morgan fingerprint density at radius 2 is 2.05 bits per heavy atom. The zero-order chi connectivity index (χ0) is 13.8. The van der Waals surface area contributed by atoms with Gasteiger partial charge in [0, 0.05) is 16.1 Å². The van der Waals surface area contributed by atoms with Gasteiger partial charge in [-0.25, -0.2) is 4.39 Å². The lowest BCUT2D eigenvalue weighted by molar-refractivity contribution is -0.121. The maximum absolute atomic E-state index is 13.7. The highest BCUT2D eigenvalue weighted by atomic mass is 79.9. The Kier molecular flexibility index (Phi) is 5.22. The van der Waals surface area contributed by atoms with Gasteiger partial charge in [-0.15, -0.1) is 11.6 Å². The van der Waals surface area contributed by atoms with Gasteiger partial charge in [0.1, 0.15) is 11.2 Å². The summed E-state index contributed by atoms with van der Waals surface area (Å²) in [6.45, 7) is 0. The minimum Gasteiger partial charge on any atom is -0.352 e. The van der Waals surface area contributed by atoms with Crippen LogP contribution in [0, 0.1) is 5.82 Å². The molecule has 104 valence electrons. The van der Waals surface area contributed by atoms with Gasteiger partial charge in [0.15, 0.2) is 0 Å². The van der Waals surface area contributed by atoms with Crippen molar-refractivity contribution < 1.29 is 9.18 Å². The highest BCUT2D eigenvalue weighted by Crippen LogP contribution is 2.27. The minimum atomic E-state index is -0.987. The molecule has 0 bridgehead atoms. The fraction of sp³-hybridized carbons (Fsp3) is 0.500. The van der Waals surface area contributed by atoms with Crippen molar-refractivity contribution in [3.05, 3.63) is 34.1 Å². The molecule has 1 aromatic rings. The number of hydrogen-bond donors (Lipinski definition) is 1. The quantitative estimate of drug-likeness (QED) is 0.810. The summed E-state index contributed by atoms with van der Waals surface area (Å²) in [5, 5.41) is 1.92. The van der Waals surface area contributed by atoms with Crippen LogP contribution in [0.2, 0.25) is 0 Å². The number of rotatable bonds is 3. The third-order valence-corrected chi connectivity index (χ3v) is 4.34. The van der Waals surface area contributed by atoms with Gasteiger partial charge in [0.2, 0.25) is 5.91 Å². The number of nitrogens with one attached hydrogen (secondary N) is 1. The first kappa shape index (κ1) is 14.8. The predicted octanol–water partition coefficient (Wildman–Crippen LogP) is 4.32. The van der Waals surface area contributed by atoms with Gasteiger partial charge in [-0.1, -0.05) is 35.2 Å². The molecule has 1 saturated carbocycles. The van der Waals surface area contributed by atoms with Crippen LogP contribution in [-0.2, 0) is 4.79 Å². The van der Waals surface area contributed by atoms with Gasteiger partial charge < -0.3 is 5.32 Å². The first-order chi connectivity index (χ1) is 9.08. The number of amides is 1. The molecule has 1 atom stereocenters. The van der Waals surface area contributed by atoms with Crippen LogP contribution in [0.25, 0.3) is 0 Å². The molecule has 0 radical (unpaired) electrons. The van der Waals surface area contributed by atoms with E-state index in [9.17, 15) is 9.18 Å². The van der Waals surface area contributed by atoms with Crippen molar-refractivity contribution in [3.63, 3.8) is 0 Å². The molecule has 1 fully saturated rings. The molecule has 1 unspecified atom stereocenters. The molecule has 19 heavy (non-hydrogen) atoms. The van der Waals surface area contributed by atoms with Crippen molar-refractivity contribution in [2.45, 2.75) is 43.5 Å². The van der Waals surface area contributed by atoms with Gasteiger partial charge >= 0.3 is 0 Å². The average molecular weight is 349 g/mol. The van der Waals surface area contributed by atoms with E-state index in [1.807, 2.05) is 0 Å². The van der Waals surface area contributed by atoms with E-state index in [1.165, 1.54) is 12.5 Å². The second kappa shape index (κ2) is 6.71. The van der Waals surface area contributed by atoms with Crippen molar-refractivity contribution in [2.24, 2.45) is 0 Å². The molecular formula is C14H16BrClFNO. The third kappa shape index (κ3) is 3.93. The fourth-order valence-corrected chi connectivity index (χ4v) is 2.98. The van der Waals surface area contributed by atoms with Crippen LogP contribution in [-0.4, -0.2) is 11.9 Å². The van der Waals surface area contributed by atoms with E-state index in [4.69, 9.17) is 11.6 Å². The Bertz CT molecular complexity index is 463. The molecule has 2 rings (SSSR count). The van der Waals surface area contributed by atoms with Crippen LogP contribution in [0.15, 0.2) is 22.7 Å². The molecule has 0 spiro atoms. The lowest BCUT2D eigenvalue weighted by Gasteiger charge is -2.24. The lowest BCUT2D eigenvalue weighted by Crippen LogP contribution is -2.38. The maximum atomic E-state index is 13.7. The first-order valence-electron chi connectivity index (χ1n) is 6.47. The normalized spacial score (nSPS) is 18.1. The molecule has 1 aromatic carbocycles. The summed E-state index contributed by atoms with van der Waals surface area (Å²) < 4.78 is 14.4. The Labute approximate surface area is 125 Å². The third-order valence-electron chi connectivity index (χ3n) is 3.41. The van der Waals surface area contributed by atoms with Gasteiger partial charge in [-0.05, 0) is 31.0 Å². The minimum absolute atomic E-state index is 0.178. The smallest absolute Gasteiger partial charge is 0.242 e. The van der Waals surface area contributed by atoms with Gasteiger partial charge in [0.05, 0.1) is 0 Å². The number of alkyl halides is 1. The highest BCUT2D eigenvalue weighted by Gasteiger charge is 2.24. The number of halogens is 3. The molecule has 1 N–H and O–H groups in total. The van der Waals surface area contributed by atoms with E-state index in [2.05, 4.69) is 21.2 Å². The Hall–Kier alpha value is -0.610. The van der Waals surface area contributed by atoms with Crippen molar-refractivity contribution in [1.29, 1.82) is 0 Å². The summed E-state index contributed by atoms with van der Waals surface area (Å²) >= 11 is 9.34. The first-order valence-corrected chi connectivity index (χ1v) is 7.70. The summed E-state index contributed by atoms with van der Waals surface area (Å²) in [5.74, 6) is -0.771. The summed E-state index contributed by atoms with van der Waals surface area (Å²) in [6.07, 6.45) is 5.44. The van der Waals surface area contributed by atoms with E-state index < -0.39 is 11.2 Å². The second-order valence-electron chi connectivity index (χ2n) is 4.87. The van der Waals surface area contributed by atoms with Crippen LogP contribution in [0.1, 0.15) is 43.0 Å². The van der Waals surface area contributed by atoms with Crippen LogP contribution in [0.4, 0.5) is 4.39 Å². The van der Waals surface area contributed by atoms with E-state index in [0.717, 1.165) is 25.7 Å². The Morgan fingerprint density at radius 3 is 2.74 bits per heavy atom. The molecule has 2 nitrogen and oxygen atoms in total. The molecule has 0 saturated heterocycles. The predicted molar refractivity (Wildman–Crippen MR) is 77.7 cm³/mol. The number of benzene rings is 1. The van der Waals surface area contributed by atoms with Crippen molar-refractivity contribution >= 4 is 33.4 Å². The summed E-state index contributed by atoms with van der Waals surface area (Å²) in [4.78, 5) is 12.1. The van der Waals surface area contributed by atoms with E-state index in [0.29, 0.717) is 4.47 Å². The largest absolute Gasteiger partial charge is 0.352 e. The Morgan fingerprint density at radius 1 is 1.37 bits per heavy atom. The van der Waals surface area contributed by atoms with Gasteiger partial charge in [0.25, 0.3) is 0 Å². The van der Waals surface area contributed by atoms with Crippen LogP contribution in [0.3, 0.4) is 0 Å². The average Bonchev–Trinajstić information content (AvgIpc) is 2.42. The zero-order valence-electron chi connectivity index (χ0n) is 10.5. The standard InChI is InChI=1S/C14H16BrClFNO/c15-9-6-7-12(17)11(8-9)13(16)14(19)18-10-4-2-1-3-5-10/h6-8,10,13H,1-5H2,(H,18,19). The maximum Gasteiger partial charge on any atom is 0.242 e. The highest BCUT2D eigenvalue weighted by molar-refractivity contribution is 9.10. The van der Waals surface area contributed by atoms with Crippen molar-refractivity contribution in [2.75, 3.05) is 0 Å². The molecule has 1 aliphatic carbocycles. The van der Waals surface area contributed by atoms with E-state index in [-0.39, 0.29) is 17.5 Å². The molecule has 0 aromatic heterocycles. The van der Waals surface area contributed by atoms with Gasteiger partial charge in [-0.2, -0.15) is 0 Å². The molecular weight excluding hydrogens is 333 g/mol. The lowest BCUT2D eigenvalue weighted by atomic mass is 9.95. The zero-order valence-corrected chi connectivity index (χ0v) is 12.8. The molecule has 0 heterocycles. The van der Waals surface area contributed by atoms with Gasteiger partial charge in [-0.3, -0.25) is 4.79 Å². The summed E-state index contributed by atoms with van der Waals surface area (Å²) in [5.41, 5.74) is 0.212. The second-order valence-corrected chi connectivity index (χ2v) is 6.22. The number of carbonyl (C=O) groups is 1. The number of carbonyl (C=O) groups excluding carboxylic acids is 1. The van der Waals surface area contributed by atoms with Crippen LogP contribution >= 0.6 is 27.5 Å². The van der Waals surface area contributed by atoms with Crippen molar-refractivity contribution in [3.8, 4) is 0 Å². The summed E-state index contributed by atoms with van der Waals surface area (Å²) in [6, 6.07) is 4.62. The Balaban J connectivity index is 2.03. The summed E-state index contributed by atoms with van der Waals surface area (Å²) in [7, 11) is 0. The molecule has 1 aliphatic rings. The molecule has 0 aliphatic heterocycles. The van der Waals surface area contributed by atoms with Crippen molar-refractivity contribution in [1.82, 2.24) is 5.32 Å². The molecule has 5 heteroatoms. The monoisotopic (exact) mass is 347 g/mol.